The van der Waals surface area contributed by atoms with E-state index in [9.17, 15) is 0 Å². The second-order valence-corrected chi connectivity index (χ2v) is 15.8. The first-order valence-corrected chi connectivity index (χ1v) is 19.6. The molecule has 1 aliphatic heterocycles. The van der Waals surface area contributed by atoms with Gasteiger partial charge in [-0.15, -0.1) is 0 Å². The average Bonchev–Trinajstić information content (AvgIpc) is 3.68. The molecule has 0 bridgehead atoms. The van der Waals surface area contributed by atoms with Gasteiger partial charge in [0, 0.05) is 21.9 Å². The van der Waals surface area contributed by atoms with Crippen LogP contribution in [-0.2, 0) is 10.8 Å². The SMILES string of the molecule is c1cc(-c2ccc3c(c2)C2(CCCCC2)c2ccccc2-3)cc(-c2cc3c(c4ccccc24)Oc2ccccc2C32c3ccccc3-c3ccccc32)c1. The van der Waals surface area contributed by atoms with Gasteiger partial charge in [-0.25, -0.2) is 0 Å². The smallest absolute Gasteiger partial charge is 0.140 e. The molecule has 0 radical (unpaired) electrons. The van der Waals surface area contributed by atoms with Crippen LogP contribution in [0.3, 0.4) is 0 Å². The molecule has 0 atom stereocenters. The lowest BCUT2D eigenvalue weighted by Gasteiger charge is -2.40. The Kier molecular flexibility index (Phi) is 6.27. The fraction of sp³-hybridized carbons (Fsp3) is 0.132. The van der Waals surface area contributed by atoms with Gasteiger partial charge in [0.1, 0.15) is 11.5 Å². The summed E-state index contributed by atoms with van der Waals surface area (Å²) in [5.74, 6) is 1.87. The van der Waals surface area contributed by atoms with Crippen LogP contribution in [0.1, 0.15) is 65.5 Å². The third kappa shape index (κ3) is 3.89. The highest BCUT2D eigenvalue weighted by atomic mass is 16.5. The van der Waals surface area contributed by atoms with Crippen molar-refractivity contribution < 1.29 is 4.74 Å². The summed E-state index contributed by atoms with van der Waals surface area (Å²) < 4.78 is 7.02. The fourth-order valence-corrected chi connectivity index (χ4v) is 11.1. The fourth-order valence-electron chi connectivity index (χ4n) is 11.1. The van der Waals surface area contributed by atoms with Crippen LogP contribution in [0.15, 0.2) is 170 Å². The first-order chi connectivity index (χ1) is 26.8. The molecule has 4 aliphatic rings. The standard InChI is InChI=1S/C53H38O/c1-12-29-52(30-13-1)44-22-7-4-18-38(44)41-28-27-35(32-48(41)52)34-15-14-16-36(31-34)43-33-49-51(42-21-3-2-17-37(42)43)54-50-26-11-10-25-47(50)53(49)45-23-8-5-19-39(45)40-20-6-9-24-46(40)53/h2-11,14-28,31-33H,1,12-13,29-30H2. The third-order valence-corrected chi connectivity index (χ3v) is 13.3. The average molecular weight is 691 g/mol. The van der Waals surface area contributed by atoms with Gasteiger partial charge in [-0.05, 0) is 109 Å². The Morgan fingerprint density at radius 3 is 1.69 bits per heavy atom. The summed E-state index contributed by atoms with van der Waals surface area (Å²) in [6, 6.07) is 63.7. The van der Waals surface area contributed by atoms with E-state index in [0.717, 1.165) is 16.9 Å². The minimum Gasteiger partial charge on any atom is -0.456 e. The van der Waals surface area contributed by atoms with Crippen molar-refractivity contribution in [2.75, 3.05) is 0 Å². The van der Waals surface area contributed by atoms with E-state index >= 15 is 0 Å². The lowest BCUT2D eigenvalue weighted by molar-refractivity contribution is 0.353. The normalized spacial score (nSPS) is 16.2. The summed E-state index contributed by atoms with van der Waals surface area (Å²) in [6.07, 6.45) is 6.40. The van der Waals surface area contributed by atoms with Gasteiger partial charge in [-0.3, -0.25) is 0 Å². The Morgan fingerprint density at radius 1 is 0.352 bits per heavy atom. The maximum Gasteiger partial charge on any atom is 0.140 e. The van der Waals surface area contributed by atoms with Crippen molar-refractivity contribution in [1.29, 1.82) is 0 Å². The molecule has 0 saturated heterocycles. The van der Waals surface area contributed by atoms with Gasteiger partial charge in [0.15, 0.2) is 0 Å². The van der Waals surface area contributed by atoms with Crippen molar-refractivity contribution >= 4 is 10.8 Å². The Morgan fingerprint density at radius 2 is 0.926 bits per heavy atom. The van der Waals surface area contributed by atoms with Crippen LogP contribution in [-0.4, -0.2) is 0 Å². The van der Waals surface area contributed by atoms with Gasteiger partial charge in [-0.2, -0.15) is 0 Å². The molecule has 1 heterocycles. The molecule has 1 heteroatoms. The van der Waals surface area contributed by atoms with Gasteiger partial charge < -0.3 is 4.74 Å². The number of rotatable bonds is 2. The maximum absolute atomic E-state index is 7.02. The first kappa shape index (κ1) is 30.3. The highest BCUT2D eigenvalue weighted by Crippen LogP contribution is 2.64. The largest absolute Gasteiger partial charge is 0.456 e. The Hall–Kier alpha value is -6.18. The Balaban J connectivity index is 1.09. The molecule has 8 aromatic rings. The van der Waals surface area contributed by atoms with Gasteiger partial charge in [-0.1, -0.05) is 165 Å². The zero-order valence-corrected chi connectivity index (χ0v) is 30.1. The van der Waals surface area contributed by atoms with Crippen LogP contribution >= 0.6 is 0 Å². The molecule has 0 aromatic heterocycles. The quantitative estimate of drug-likeness (QED) is 0.175. The molecule has 0 amide bonds. The highest BCUT2D eigenvalue weighted by molar-refractivity contribution is 6.04. The Bertz CT molecular complexity index is 2800. The van der Waals surface area contributed by atoms with Crippen LogP contribution in [0.4, 0.5) is 0 Å². The lowest BCUT2D eigenvalue weighted by atomic mass is 9.65. The van der Waals surface area contributed by atoms with E-state index in [1.165, 1.54) is 110 Å². The second kappa shape index (κ2) is 11.2. The predicted octanol–water partition coefficient (Wildman–Crippen LogP) is 13.9. The summed E-state index contributed by atoms with van der Waals surface area (Å²) in [5, 5.41) is 2.34. The van der Waals surface area contributed by atoms with E-state index in [1.807, 2.05) is 0 Å². The molecule has 54 heavy (non-hydrogen) atoms. The molecule has 1 saturated carbocycles. The van der Waals surface area contributed by atoms with Gasteiger partial charge in [0.2, 0.25) is 0 Å². The Labute approximate surface area is 316 Å². The molecule has 1 fully saturated rings. The number of benzene rings is 8. The molecular formula is C53H38O. The van der Waals surface area contributed by atoms with Crippen LogP contribution in [0, 0.1) is 0 Å². The van der Waals surface area contributed by atoms with E-state index in [-0.39, 0.29) is 5.41 Å². The van der Waals surface area contributed by atoms with E-state index in [0.29, 0.717) is 0 Å². The lowest BCUT2D eigenvalue weighted by Crippen LogP contribution is -2.32. The van der Waals surface area contributed by atoms with Crippen molar-refractivity contribution in [2.45, 2.75) is 42.9 Å². The highest BCUT2D eigenvalue weighted by Gasteiger charge is 2.51. The number of para-hydroxylation sites is 1. The molecule has 8 aromatic carbocycles. The van der Waals surface area contributed by atoms with E-state index in [2.05, 4.69) is 170 Å². The van der Waals surface area contributed by atoms with Crippen molar-refractivity contribution in [3.8, 4) is 56.0 Å². The molecule has 0 N–H and O–H groups in total. The van der Waals surface area contributed by atoms with E-state index in [1.54, 1.807) is 5.56 Å². The van der Waals surface area contributed by atoms with Gasteiger partial charge >= 0.3 is 0 Å². The minimum atomic E-state index is -0.517. The van der Waals surface area contributed by atoms with Crippen molar-refractivity contribution in [1.82, 2.24) is 0 Å². The van der Waals surface area contributed by atoms with Crippen molar-refractivity contribution in [3.63, 3.8) is 0 Å². The van der Waals surface area contributed by atoms with Crippen LogP contribution in [0.5, 0.6) is 11.5 Å². The van der Waals surface area contributed by atoms with Crippen LogP contribution < -0.4 is 4.74 Å². The first-order valence-electron chi connectivity index (χ1n) is 19.6. The maximum atomic E-state index is 7.02. The van der Waals surface area contributed by atoms with Crippen molar-refractivity contribution in [2.24, 2.45) is 0 Å². The van der Waals surface area contributed by atoms with Gasteiger partial charge in [0.05, 0.1) is 5.41 Å². The second-order valence-electron chi connectivity index (χ2n) is 15.8. The molecule has 1 nitrogen and oxygen atoms in total. The number of ether oxygens (including phenoxy) is 1. The topological polar surface area (TPSA) is 9.23 Å². The van der Waals surface area contributed by atoms with Crippen LogP contribution in [0.25, 0.3) is 55.3 Å². The molecule has 256 valence electrons. The van der Waals surface area contributed by atoms with Crippen LogP contribution in [0.2, 0.25) is 0 Å². The summed E-state index contributed by atoms with van der Waals surface area (Å²) in [4.78, 5) is 0. The predicted molar refractivity (Wildman–Crippen MR) is 221 cm³/mol. The number of hydrogen-bond donors (Lipinski definition) is 0. The van der Waals surface area contributed by atoms with Gasteiger partial charge in [0.25, 0.3) is 0 Å². The monoisotopic (exact) mass is 690 g/mol. The summed E-state index contributed by atoms with van der Waals surface area (Å²) >= 11 is 0. The molecule has 12 rings (SSSR count). The summed E-state index contributed by atoms with van der Waals surface area (Å²) in [7, 11) is 0. The van der Waals surface area contributed by atoms with Crippen molar-refractivity contribution in [3.05, 3.63) is 203 Å². The zero-order chi connectivity index (χ0) is 35.4. The molecule has 0 unspecified atom stereocenters. The molecule has 3 aliphatic carbocycles. The third-order valence-electron chi connectivity index (χ3n) is 13.3. The summed E-state index contributed by atoms with van der Waals surface area (Å²) in [6.45, 7) is 0. The molecule has 2 spiro atoms. The van der Waals surface area contributed by atoms with E-state index < -0.39 is 5.41 Å². The number of hydrogen-bond acceptors (Lipinski definition) is 1. The number of fused-ring (bicyclic) bond motifs is 16. The minimum absolute atomic E-state index is 0.130. The summed E-state index contributed by atoms with van der Waals surface area (Å²) in [5.41, 5.74) is 18.2. The zero-order valence-electron chi connectivity index (χ0n) is 30.1. The van der Waals surface area contributed by atoms with E-state index in [4.69, 9.17) is 4.74 Å². The molecular weight excluding hydrogens is 653 g/mol.